The van der Waals surface area contributed by atoms with Gasteiger partial charge in [-0.3, -0.25) is 10.1 Å². The van der Waals surface area contributed by atoms with Gasteiger partial charge in [0.15, 0.2) is 0 Å². The molecule has 1 fully saturated rings. The van der Waals surface area contributed by atoms with Gasteiger partial charge in [0, 0.05) is 20.1 Å². The Balaban J connectivity index is 2.31. The SMILES string of the molecule is CCc1nn(C)c(N2CCCC(CCN)C2)c1[N+](=O)[O-]. The van der Waals surface area contributed by atoms with Crippen LogP contribution in [0.5, 0.6) is 0 Å². The summed E-state index contributed by atoms with van der Waals surface area (Å²) in [6.07, 6.45) is 3.75. The minimum absolute atomic E-state index is 0.170. The van der Waals surface area contributed by atoms with Crippen molar-refractivity contribution in [2.24, 2.45) is 18.7 Å². The van der Waals surface area contributed by atoms with Crippen LogP contribution in [0.15, 0.2) is 0 Å². The molecular formula is C13H23N5O2. The van der Waals surface area contributed by atoms with E-state index in [1.54, 1.807) is 11.7 Å². The van der Waals surface area contributed by atoms with Crippen molar-refractivity contribution in [2.75, 3.05) is 24.5 Å². The second-order valence-corrected chi connectivity index (χ2v) is 5.38. The second kappa shape index (κ2) is 6.21. The lowest BCUT2D eigenvalue weighted by Gasteiger charge is -2.33. The number of hydrogen-bond donors (Lipinski definition) is 1. The van der Waals surface area contributed by atoms with Crippen LogP contribution in [0, 0.1) is 16.0 Å². The number of nitrogens with zero attached hydrogens (tertiary/aromatic N) is 4. The highest BCUT2D eigenvalue weighted by Gasteiger charge is 2.32. The van der Waals surface area contributed by atoms with Gasteiger partial charge in [-0.15, -0.1) is 0 Å². The molecule has 0 aromatic carbocycles. The van der Waals surface area contributed by atoms with Crippen molar-refractivity contribution < 1.29 is 4.92 Å². The molecule has 0 radical (unpaired) electrons. The van der Waals surface area contributed by atoms with Crippen LogP contribution in [0.2, 0.25) is 0 Å². The molecule has 2 heterocycles. The van der Waals surface area contributed by atoms with E-state index in [4.69, 9.17) is 5.73 Å². The van der Waals surface area contributed by atoms with Gasteiger partial charge in [-0.25, -0.2) is 4.68 Å². The van der Waals surface area contributed by atoms with E-state index < -0.39 is 0 Å². The van der Waals surface area contributed by atoms with Gasteiger partial charge < -0.3 is 10.6 Å². The molecule has 20 heavy (non-hydrogen) atoms. The molecule has 0 amide bonds. The number of aromatic nitrogens is 2. The number of rotatable bonds is 5. The lowest BCUT2D eigenvalue weighted by Crippen LogP contribution is -2.37. The maximum Gasteiger partial charge on any atom is 0.334 e. The fourth-order valence-electron chi connectivity index (χ4n) is 3.07. The van der Waals surface area contributed by atoms with Crippen LogP contribution >= 0.6 is 0 Å². The summed E-state index contributed by atoms with van der Waals surface area (Å²) in [5, 5.41) is 15.7. The van der Waals surface area contributed by atoms with Gasteiger partial charge in [0.25, 0.3) is 0 Å². The van der Waals surface area contributed by atoms with Crippen molar-refractivity contribution in [1.29, 1.82) is 0 Å². The zero-order valence-electron chi connectivity index (χ0n) is 12.2. The highest BCUT2D eigenvalue weighted by Crippen LogP contribution is 2.34. The molecule has 112 valence electrons. The summed E-state index contributed by atoms with van der Waals surface area (Å²) >= 11 is 0. The van der Waals surface area contributed by atoms with Gasteiger partial charge in [-0.1, -0.05) is 6.92 Å². The number of aryl methyl sites for hydroxylation is 2. The van der Waals surface area contributed by atoms with E-state index in [1.807, 2.05) is 6.92 Å². The summed E-state index contributed by atoms with van der Waals surface area (Å²) in [5.41, 5.74) is 6.37. The third-order valence-electron chi connectivity index (χ3n) is 3.97. The van der Waals surface area contributed by atoms with Crippen LogP contribution in [-0.4, -0.2) is 34.3 Å². The first-order valence-electron chi connectivity index (χ1n) is 7.23. The van der Waals surface area contributed by atoms with E-state index in [-0.39, 0.29) is 10.6 Å². The molecule has 1 aromatic heterocycles. The average molecular weight is 281 g/mol. The van der Waals surface area contributed by atoms with E-state index in [0.29, 0.717) is 30.4 Å². The van der Waals surface area contributed by atoms with Crippen molar-refractivity contribution in [2.45, 2.75) is 32.6 Å². The Morgan fingerprint density at radius 1 is 1.55 bits per heavy atom. The number of piperidine rings is 1. The summed E-state index contributed by atoms with van der Waals surface area (Å²) in [6.45, 7) is 4.25. The number of nitro groups is 1. The monoisotopic (exact) mass is 281 g/mol. The van der Waals surface area contributed by atoms with Crippen LogP contribution in [0.4, 0.5) is 11.5 Å². The Morgan fingerprint density at radius 3 is 2.90 bits per heavy atom. The summed E-state index contributed by atoms with van der Waals surface area (Å²) in [6, 6.07) is 0. The Hall–Kier alpha value is -1.63. The molecule has 2 N–H and O–H groups in total. The van der Waals surface area contributed by atoms with Gasteiger partial charge in [0.05, 0.1) is 4.92 Å². The Bertz CT molecular complexity index is 483. The predicted octanol–water partition coefficient (Wildman–Crippen LogP) is 1.46. The molecule has 0 bridgehead atoms. The summed E-state index contributed by atoms with van der Waals surface area (Å²) in [4.78, 5) is 13.2. The van der Waals surface area contributed by atoms with E-state index in [9.17, 15) is 10.1 Å². The summed E-state index contributed by atoms with van der Waals surface area (Å²) < 4.78 is 1.65. The highest BCUT2D eigenvalue weighted by atomic mass is 16.6. The molecule has 7 heteroatoms. The topological polar surface area (TPSA) is 90.2 Å². The Labute approximate surface area is 118 Å². The van der Waals surface area contributed by atoms with Crippen LogP contribution in [0.3, 0.4) is 0 Å². The summed E-state index contributed by atoms with van der Waals surface area (Å²) in [5.74, 6) is 1.17. The molecule has 0 saturated carbocycles. The molecule has 2 rings (SSSR count). The van der Waals surface area contributed by atoms with Crippen molar-refractivity contribution in [3.05, 3.63) is 15.8 Å². The van der Waals surface area contributed by atoms with Gasteiger partial charge in [-0.2, -0.15) is 5.10 Å². The lowest BCUT2D eigenvalue weighted by molar-refractivity contribution is -0.384. The molecule has 1 aliphatic rings. The maximum absolute atomic E-state index is 11.4. The Morgan fingerprint density at radius 2 is 2.30 bits per heavy atom. The number of hydrogen-bond acceptors (Lipinski definition) is 5. The van der Waals surface area contributed by atoms with Crippen molar-refractivity contribution in [3.63, 3.8) is 0 Å². The third-order valence-corrected chi connectivity index (χ3v) is 3.97. The van der Waals surface area contributed by atoms with Gasteiger partial charge >= 0.3 is 5.69 Å². The van der Waals surface area contributed by atoms with E-state index in [0.717, 1.165) is 32.4 Å². The van der Waals surface area contributed by atoms with E-state index >= 15 is 0 Å². The first kappa shape index (κ1) is 14.8. The highest BCUT2D eigenvalue weighted by molar-refractivity contribution is 5.61. The van der Waals surface area contributed by atoms with Crippen molar-refractivity contribution in [1.82, 2.24) is 9.78 Å². The molecule has 1 aromatic rings. The van der Waals surface area contributed by atoms with Crippen molar-refractivity contribution in [3.8, 4) is 0 Å². The summed E-state index contributed by atoms with van der Waals surface area (Å²) in [7, 11) is 1.79. The zero-order valence-corrected chi connectivity index (χ0v) is 12.2. The van der Waals surface area contributed by atoms with Crippen LogP contribution in [-0.2, 0) is 13.5 Å². The van der Waals surface area contributed by atoms with Crippen LogP contribution in [0.1, 0.15) is 31.9 Å². The molecule has 7 nitrogen and oxygen atoms in total. The standard InChI is InChI=1S/C13H23N5O2/c1-3-11-12(18(19)20)13(16(2)15-11)17-8-4-5-10(9-17)6-7-14/h10H,3-9,14H2,1-2H3. The normalized spacial score (nSPS) is 19.4. The van der Waals surface area contributed by atoms with E-state index in [1.165, 1.54) is 0 Å². The smallest absolute Gasteiger partial charge is 0.334 e. The average Bonchev–Trinajstić information content (AvgIpc) is 2.76. The van der Waals surface area contributed by atoms with Crippen molar-refractivity contribution >= 4 is 11.5 Å². The third kappa shape index (κ3) is 2.77. The predicted molar refractivity (Wildman–Crippen MR) is 77.8 cm³/mol. The second-order valence-electron chi connectivity index (χ2n) is 5.38. The fourth-order valence-corrected chi connectivity index (χ4v) is 3.07. The largest absolute Gasteiger partial charge is 0.351 e. The van der Waals surface area contributed by atoms with Crippen LogP contribution in [0.25, 0.3) is 0 Å². The molecule has 0 aliphatic carbocycles. The first-order valence-corrected chi connectivity index (χ1v) is 7.23. The van der Waals surface area contributed by atoms with Gasteiger partial charge in [0.1, 0.15) is 5.69 Å². The fraction of sp³-hybridized carbons (Fsp3) is 0.769. The molecular weight excluding hydrogens is 258 g/mol. The van der Waals surface area contributed by atoms with Crippen LogP contribution < -0.4 is 10.6 Å². The van der Waals surface area contributed by atoms with Gasteiger partial charge in [-0.05, 0) is 38.1 Å². The Kier molecular flexibility index (Phi) is 4.59. The minimum Gasteiger partial charge on any atom is -0.351 e. The van der Waals surface area contributed by atoms with Gasteiger partial charge in [0.2, 0.25) is 5.82 Å². The maximum atomic E-state index is 11.4. The molecule has 1 atom stereocenters. The lowest BCUT2D eigenvalue weighted by atomic mass is 9.95. The quantitative estimate of drug-likeness (QED) is 0.651. The van der Waals surface area contributed by atoms with E-state index in [2.05, 4.69) is 10.00 Å². The minimum atomic E-state index is -0.298. The zero-order chi connectivity index (χ0) is 14.7. The number of nitrogens with two attached hydrogens (primary N) is 1. The number of anilines is 1. The molecule has 1 saturated heterocycles. The first-order chi connectivity index (χ1) is 9.58. The molecule has 1 aliphatic heterocycles. The molecule has 1 unspecified atom stereocenters. The molecule has 0 spiro atoms.